The summed E-state index contributed by atoms with van der Waals surface area (Å²) in [5.74, 6) is -1.18. The molecule has 1 aliphatic heterocycles. The van der Waals surface area contributed by atoms with Gasteiger partial charge in [-0.2, -0.15) is 0 Å². The van der Waals surface area contributed by atoms with E-state index in [1.165, 1.54) is 0 Å². The van der Waals surface area contributed by atoms with Gasteiger partial charge < -0.3 is 14.6 Å². The molecular formula is C15H21BrN2O3. The zero-order valence-electron chi connectivity index (χ0n) is 12.5. The lowest BCUT2D eigenvalue weighted by Crippen LogP contribution is -2.46. The Hall–Kier alpha value is -1.30. The maximum Gasteiger partial charge on any atom is 0.308 e. The van der Waals surface area contributed by atoms with Crippen LogP contribution < -0.4 is 0 Å². The van der Waals surface area contributed by atoms with E-state index in [4.69, 9.17) is 0 Å². The third kappa shape index (κ3) is 3.48. The molecule has 21 heavy (non-hydrogen) atoms. The number of carbonyl (C=O) groups excluding carboxylic acids is 1. The first-order valence-electron chi connectivity index (χ1n) is 7.19. The number of nitrogens with zero attached hydrogens (tertiary/aromatic N) is 2. The van der Waals surface area contributed by atoms with Crippen LogP contribution in [0.2, 0.25) is 0 Å². The van der Waals surface area contributed by atoms with E-state index in [2.05, 4.69) is 15.9 Å². The van der Waals surface area contributed by atoms with Crippen LogP contribution >= 0.6 is 15.9 Å². The van der Waals surface area contributed by atoms with E-state index in [9.17, 15) is 14.7 Å². The van der Waals surface area contributed by atoms with E-state index in [0.29, 0.717) is 25.2 Å². The molecule has 2 atom stereocenters. The monoisotopic (exact) mass is 356 g/mol. The molecule has 0 saturated carbocycles. The maximum absolute atomic E-state index is 12.7. The fraction of sp³-hybridized carbons (Fsp3) is 0.600. The molecule has 0 bridgehead atoms. The molecule has 1 fully saturated rings. The molecule has 2 unspecified atom stereocenters. The Morgan fingerprint density at radius 2 is 2.05 bits per heavy atom. The van der Waals surface area contributed by atoms with Crippen LogP contribution in [0.4, 0.5) is 0 Å². The molecular weight excluding hydrogens is 336 g/mol. The summed E-state index contributed by atoms with van der Waals surface area (Å²) in [5, 5.41) is 9.22. The molecule has 2 rings (SSSR count). The summed E-state index contributed by atoms with van der Waals surface area (Å²) in [7, 11) is 0. The summed E-state index contributed by atoms with van der Waals surface area (Å²) in [5.41, 5.74) is 0.607. The normalized spacial score (nSPS) is 22.6. The van der Waals surface area contributed by atoms with Crippen LogP contribution in [-0.2, 0) is 4.79 Å². The average Bonchev–Trinajstić information content (AvgIpc) is 2.79. The van der Waals surface area contributed by atoms with Gasteiger partial charge in [-0.25, -0.2) is 0 Å². The number of carbonyl (C=O) groups is 2. The van der Waals surface area contributed by atoms with Crippen LogP contribution in [0.25, 0.3) is 0 Å². The number of halogens is 1. The molecule has 1 saturated heterocycles. The number of carboxylic acid groups (broad SMARTS) is 1. The van der Waals surface area contributed by atoms with Gasteiger partial charge in [0.05, 0.1) is 5.92 Å². The van der Waals surface area contributed by atoms with Crippen LogP contribution in [0.1, 0.15) is 43.7 Å². The molecule has 1 N–H and O–H groups in total. The highest BCUT2D eigenvalue weighted by molar-refractivity contribution is 9.10. The van der Waals surface area contributed by atoms with Crippen molar-refractivity contribution in [2.45, 2.75) is 33.2 Å². The highest BCUT2D eigenvalue weighted by Gasteiger charge is 2.33. The minimum atomic E-state index is -0.820. The lowest BCUT2D eigenvalue weighted by Gasteiger charge is -2.35. The van der Waals surface area contributed by atoms with E-state index in [1.807, 2.05) is 31.5 Å². The second-order valence-corrected chi connectivity index (χ2v) is 7.05. The van der Waals surface area contributed by atoms with Crippen molar-refractivity contribution in [3.8, 4) is 0 Å². The number of aromatic nitrogens is 1. The molecule has 6 heteroatoms. The third-order valence-corrected chi connectivity index (χ3v) is 4.32. The summed E-state index contributed by atoms with van der Waals surface area (Å²) >= 11 is 3.40. The number of hydrogen-bond donors (Lipinski definition) is 1. The first kappa shape index (κ1) is 16.1. The lowest BCUT2D eigenvalue weighted by atomic mass is 9.90. The van der Waals surface area contributed by atoms with Crippen molar-refractivity contribution in [3.05, 3.63) is 22.4 Å². The van der Waals surface area contributed by atoms with E-state index >= 15 is 0 Å². The van der Waals surface area contributed by atoms with Crippen molar-refractivity contribution in [2.75, 3.05) is 13.1 Å². The third-order valence-electron chi connectivity index (χ3n) is 3.89. The molecule has 5 nitrogen and oxygen atoms in total. The minimum Gasteiger partial charge on any atom is -0.481 e. The summed E-state index contributed by atoms with van der Waals surface area (Å²) < 4.78 is 2.78. The predicted octanol–water partition coefficient (Wildman–Crippen LogP) is 3.01. The molecule has 2 heterocycles. The smallest absolute Gasteiger partial charge is 0.308 e. The highest BCUT2D eigenvalue weighted by Crippen LogP contribution is 2.26. The molecule has 0 radical (unpaired) electrons. The summed E-state index contributed by atoms with van der Waals surface area (Å²) in [6.45, 7) is 6.93. The van der Waals surface area contributed by atoms with Crippen molar-refractivity contribution < 1.29 is 14.7 Å². The number of rotatable bonds is 3. The van der Waals surface area contributed by atoms with Crippen LogP contribution in [-0.4, -0.2) is 39.5 Å². The Morgan fingerprint density at radius 1 is 1.38 bits per heavy atom. The van der Waals surface area contributed by atoms with E-state index in [1.54, 1.807) is 11.0 Å². The largest absolute Gasteiger partial charge is 0.481 e. The van der Waals surface area contributed by atoms with Gasteiger partial charge in [0.15, 0.2) is 0 Å². The fourth-order valence-corrected chi connectivity index (χ4v) is 3.34. The molecule has 0 aliphatic carbocycles. The number of likely N-dealkylation sites (tertiary alicyclic amines) is 1. The van der Waals surface area contributed by atoms with Crippen LogP contribution in [0, 0.1) is 11.8 Å². The maximum atomic E-state index is 12.7. The lowest BCUT2D eigenvalue weighted by molar-refractivity contribution is -0.143. The Balaban J connectivity index is 2.25. The number of carboxylic acids is 1. The van der Waals surface area contributed by atoms with E-state index in [-0.39, 0.29) is 17.9 Å². The summed E-state index contributed by atoms with van der Waals surface area (Å²) in [6.07, 6.45) is 2.52. The SMILES string of the molecule is CC1CC(C(=O)O)CN(C(=O)c2cc(Br)cn2C(C)C)C1. The van der Waals surface area contributed by atoms with E-state index in [0.717, 1.165) is 4.47 Å². The molecule has 116 valence electrons. The van der Waals surface area contributed by atoms with Gasteiger partial charge in [-0.1, -0.05) is 6.92 Å². The number of piperidine rings is 1. The fourth-order valence-electron chi connectivity index (χ4n) is 2.90. The van der Waals surface area contributed by atoms with Gasteiger partial charge in [0, 0.05) is 29.8 Å². The Labute approximate surface area is 133 Å². The molecule has 1 aliphatic rings. The van der Waals surface area contributed by atoms with Gasteiger partial charge in [0.25, 0.3) is 5.91 Å². The van der Waals surface area contributed by atoms with Crippen LogP contribution in [0.3, 0.4) is 0 Å². The number of aliphatic carboxylic acids is 1. The van der Waals surface area contributed by atoms with Gasteiger partial charge >= 0.3 is 5.97 Å². The summed E-state index contributed by atoms with van der Waals surface area (Å²) in [6, 6.07) is 1.98. The Morgan fingerprint density at radius 3 is 2.62 bits per heavy atom. The molecule has 1 amide bonds. The second kappa shape index (κ2) is 6.22. The van der Waals surface area contributed by atoms with Gasteiger partial charge in [0.2, 0.25) is 0 Å². The van der Waals surface area contributed by atoms with Crippen molar-refractivity contribution in [3.63, 3.8) is 0 Å². The zero-order chi connectivity index (χ0) is 15.7. The van der Waals surface area contributed by atoms with Crippen molar-refractivity contribution in [1.29, 1.82) is 0 Å². The second-order valence-electron chi connectivity index (χ2n) is 6.13. The number of hydrogen-bond acceptors (Lipinski definition) is 2. The quantitative estimate of drug-likeness (QED) is 0.905. The average molecular weight is 357 g/mol. The van der Waals surface area contributed by atoms with E-state index < -0.39 is 11.9 Å². The van der Waals surface area contributed by atoms with Gasteiger partial charge in [-0.15, -0.1) is 0 Å². The van der Waals surface area contributed by atoms with Crippen molar-refractivity contribution in [2.24, 2.45) is 11.8 Å². The molecule has 1 aromatic heterocycles. The van der Waals surface area contributed by atoms with Crippen molar-refractivity contribution in [1.82, 2.24) is 9.47 Å². The first-order valence-corrected chi connectivity index (χ1v) is 7.98. The first-order chi connectivity index (χ1) is 9.79. The zero-order valence-corrected chi connectivity index (χ0v) is 14.1. The highest BCUT2D eigenvalue weighted by atomic mass is 79.9. The Kier molecular flexibility index (Phi) is 4.76. The minimum absolute atomic E-state index is 0.0906. The molecule has 0 spiro atoms. The predicted molar refractivity (Wildman–Crippen MR) is 83.3 cm³/mol. The van der Waals surface area contributed by atoms with Crippen molar-refractivity contribution >= 4 is 27.8 Å². The standard InChI is InChI=1S/C15H21BrN2O3/c1-9(2)18-8-12(16)5-13(18)14(19)17-6-10(3)4-11(7-17)15(20)21/h5,8-11H,4,6-7H2,1-3H3,(H,20,21). The van der Waals surface area contributed by atoms with Gasteiger partial charge in [0.1, 0.15) is 5.69 Å². The Bertz CT molecular complexity index is 553. The molecule has 0 aromatic carbocycles. The van der Waals surface area contributed by atoms with Crippen LogP contribution in [0.15, 0.2) is 16.7 Å². The van der Waals surface area contributed by atoms with Gasteiger partial charge in [-0.3, -0.25) is 9.59 Å². The topological polar surface area (TPSA) is 62.5 Å². The number of amides is 1. The van der Waals surface area contributed by atoms with Gasteiger partial charge in [-0.05, 0) is 48.2 Å². The summed E-state index contributed by atoms with van der Waals surface area (Å²) in [4.78, 5) is 25.7. The van der Waals surface area contributed by atoms with Crippen LogP contribution in [0.5, 0.6) is 0 Å². The molecule has 1 aromatic rings.